The molecule has 1 aliphatic rings. The molecule has 1 saturated heterocycles. The number of fused-ring (bicyclic) bond motifs is 1. The van der Waals surface area contributed by atoms with Crippen LogP contribution in [0.25, 0.3) is 10.9 Å². The third-order valence-corrected chi connectivity index (χ3v) is 5.15. The molecule has 31 heavy (non-hydrogen) atoms. The van der Waals surface area contributed by atoms with E-state index in [4.69, 9.17) is 4.74 Å². The van der Waals surface area contributed by atoms with E-state index in [1.165, 1.54) is 12.3 Å². The fraction of sp³-hybridized carbons (Fsp3) is 0.333. The maximum Gasteiger partial charge on any atom is 0.308 e. The quantitative estimate of drug-likeness (QED) is 0.446. The maximum absolute atomic E-state index is 12.4. The zero-order valence-electron chi connectivity index (χ0n) is 16.7. The largest absolute Gasteiger partial charge is 0.457 e. The lowest BCUT2D eigenvalue weighted by atomic mass is 10.2. The monoisotopic (exact) mass is 423 g/mol. The molecule has 0 atom stereocenters. The molecule has 3 heterocycles. The van der Waals surface area contributed by atoms with Crippen LogP contribution in [0.15, 0.2) is 41.3 Å². The van der Waals surface area contributed by atoms with Crippen LogP contribution >= 0.6 is 0 Å². The number of ketones is 1. The Morgan fingerprint density at radius 1 is 1.13 bits per heavy atom. The summed E-state index contributed by atoms with van der Waals surface area (Å²) in [6.07, 6.45) is 3.26. The Morgan fingerprint density at radius 3 is 2.71 bits per heavy atom. The van der Waals surface area contributed by atoms with Crippen LogP contribution < -0.4 is 5.56 Å². The van der Waals surface area contributed by atoms with Gasteiger partial charge in [0.1, 0.15) is 11.2 Å². The number of hydrogen-bond acceptors (Lipinski definition) is 7. The molecule has 4 rings (SSSR count). The van der Waals surface area contributed by atoms with Gasteiger partial charge in [0.25, 0.3) is 11.5 Å². The van der Waals surface area contributed by atoms with Gasteiger partial charge in [0, 0.05) is 24.8 Å². The minimum absolute atomic E-state index is 0.0116. The summed E-state index contributed by atoms with van der Waals surface area (Å²) in [7, 11) is 0. The Hall–Kier alpha value is -3.82. The van der Waals surface area contributed by atoms with Crippen molar-refractivity contribution in [2.75, 3.05) is 19.7 Å². The Kier molecular flexibility index (Phi) is 5.87. The summed E-state index contributed by atoms with van der Waals surface area (Å²) in [4.78, 5) is 53.5. The second kappa shape index (κ2) is 8.90. The molecule has 10 heteroatoms. The lowest BCUT2D eigenvalue weighted by molar-refractivity contribution is -0.142. The van der Waals surface area contributed by atoms with Crippen molar-refractivity contribution in [2.24, 2.45) is 0 Å². The van der Waals surface area contributed by atoms with Gasteiger partial charge in [0.15, 0.2) is 6.61 Å². The average molecular weight is 423 g/mol. The molecule has 1 N–H and O–H groups in total. The first-order chi connectivity index (χ1) is 15.0. The van der Waals surface area contributed by atoms with Gasteiger partial charge in [-0.15, -0.1) is 5.10 Å². The van der Waals surface area contributed by atoms with Crippen molar-refractivity contribution in [1.82, 2.24) is 24.9 Å². The predicted octanol–water partition coefficient (Wildman–Crippen LogP) is 1.17. The molecule has 1 amide bonds. The first-order valence-electron chi connectivity index (χ1n) is 10.0. The molecule has 1 aromatic carbocycles. The third-order valence-electron chi connectivity index (χ3n) is 5.15. The molecule has 0 saturated carbocycles. The van der Waals surface area contributed by atoms with Crippen LogP contribution in [0.1, 0.15) is 40.1 Å². The lowest BCUT2D eigenvalue weighted by Crippen LogP contribution is -2.27. The second-order valence-electron chi connectivity index (χ2n) is 7.27. The molecule has 0 bridgehead atoms. The summed E-state index contributed by atoms with van der Waals surface area (Å²) in [6.45, 7) is 0.960. The van der Waals surface area contributed by atoms with E-state index in [9.17, 15) is 19.2 Å². The summed E-state index contributed by atoms with van der Waals surface area (Å²) in [5, 5.41) is 8.17. The van der Waals surface area contributed by atoms with E-state index in [1.807, 2.05) is 0 Å². The highest BCUT2D eigenvalue weighted by atomic mass is 16.5. The Bertz CT molecular complexity index is 1190. The van der Waals surface area contributed by atoms with Crippen molar-refractivity contribution in [3.63, 3.8) is 0 Å². The summed E-state index contributed by atoms with van der Waals surface area (Å²) in [5.74, 6) is -1.21. The molecular weight excluding hydrogens is 402 g/mol. The number of carbonyl (C=O) groups excluding carboxylic acids is 3. The van der Waals surface area contributed by atoms with Crippen LogP contribution in [-0.2, 0) is 16.1 Å². The minimum Gasteiger partial charge on any atom is -0.457 e. The number of aromatic amines is 1. The van der Waals surface area contributed by atoms with E-state index in [0.717, 1.165) is 17.5 Å². The van der Waals surface area contributed by atoms with Crippen LogP contribution in [0.4, 0.5) is 0 Å². The highest BCUT2D eigenvalue weighted by Gasteiger charge is 2.22. The Labute approximate surface area is 176 Å². The molecule has 10 nitrogen and oxygen atoms in total. The third kappa shape index (κ3) is 4.52. The van der Waals surface area contributed by atoms with Gasteiger partial charge in [-0.2, -0.15) is 0 Å². The molecule has 1 fully saturated rings. The van der Waals surface area contributed by atoms with Gasteiger partial charge in [0.05, 0.1) is 18.4 Å². The fourth-order valence-corrected chi connectivity index (χ4v) is 3.44. The standard InChI is InChI=1S/C21H21N5O5/c27-18(14-11-17(22-12-14)21(30)25-8-3-4-9-25)13-31-19(28)7-10-26-20(29)15-5-1-2-6-16(15)23-24-26/h1-2,5-6,11-12,22H,3-4,7-10,13H2. The molecule has 0 aliphatic carbocycles. The van der Waals surface area contributed by atoms with Crippen molar-refractivity contribution in [3.8, 4) is 0 Å². The van der Waals surface area contributed by atoms with Crippen molar-refractivity contribution in [2.45, 2.75) is 25.8 Å². The number of H-pyrrole nitrogens is 1. The summed E-state index contributed by atoms with van der Waals surface area (Å²) in [6, 6.07) is 8.27. The number of nitrogens with zero attached hydrogens (tertiary/aromatic N) is 4. The van der Waals surface area contributed by atoms with Crippen LogP contribution in [-0.4, -0.2) is 62.2 Å². The van der Waals surface area contributed by atoms with Crippen LogP contribution in [0.5, 0.6) is 0 Å². The predicted molar refractivity (Wildman–Crippen MR) is 110 cm³/mol. The summed E-state index contributed by atoms with van der Waals surface area (Å²) >= 11 is 0. The second-order valence-corrected chi connectivity index (χ2v) is 7.27. The van der Waals surface area contributed by atoms with Crippen LogP contribution in [0.3, 0.4) is 0 Å². The summed E-state index contributed by atoms with van der Waals surface area (Å²) in [5.41, 5.74) is 0.737. The van der Waals surface area contributed by atoms with E-state index >= 15 is 0 Å². The van der Waals surface area contributed by atoms with E-state index in [-0.39, 0.29) is 30.0 Å². The van der Waals surface area contributed by atoms with E-state index < -0.39 is 18.4 Å². The number of ether oxygens (including phenoxy) is 1. The number of amides is 1. The molecule has 2 aromatic heterocycles. The van der Waals surface area contributed by atoms with Crippen molar-refractivity contribution in [1.29, 1.82) is 0 Å². The Morgan fingerprint density at radius 2 is 1.90 bits per heavy atom. The average Bonchev–Trinajstić information content (AvgIpc) is 3.49. The highest BCUT2D eigenvalue weighted by molar-refractivity contribution is 6.01. The number of likely N-dealkylation sites (tertiary alicyclic amines) is 1. The van der Waals surface area contributed by atoms with Crippen LogP contribution in [0.2, 0.25) is 0 Å². The zero-order valence-corrected chi connectivity index (χ0v) is 16.7. The van der Waals surface area contributed by atoms with Gasteiger partial charge in [-0.05, 0) is 31.0 Å². The SMILES string of the molecule is O=C(CCn1nnc2ccccc2c1=O)OCC(=O)c1c[nH]c(C(=O)N2CCCC2)c1. The first kappa shape index (κ1) is 20.5. The number of esters is 1. The minimum atomic E-state index is -0.640. The molecule has 0 spiro atoms. The molecule has 3 aromatic rings. The number of benzene rings is 1. The fourth-order valence-electron chi connectivity index (χ4n) is 3.44. The summed E-state index contributed by atoms with van der Waals surface area (Å²) < 4.78 is 6.11. The highest BCUT2D eigenvalue weighted by Crippen LogP contribution is 2.13. The van der Waals surface area contributed by atoms with Crippen LogP contribution in [0, 0.1) is 0 Å². The van der Waals surface area contributed by atoms with Gasteiger partial charge >= 0.3 is 5.97 Å². The maximum atomic E-state index is 12.4. The van der Waals surface area contributed by atoms with Crippen molar-refractivity contribution in [3.05, 3.63) is 58.1 Å². The van der Waals surface area contributed by atoms with Crippen molar-refractivity contribution >= 4 is 28.6 Å². The number of carbonyl (C=O) groups is 3. The van der Waals surface area contributed by atoms with Gasteiger partial charge in [-0.3, -0.25) is 19.2 Å². The number of nitrogens with one attached hydrogen (secondary N) is 1. The van der Waals surface area contributed by atoms with E-state index in [2.05, 4.69) is 15.3 Å². The van der Waals surface area contributed by atoms with E-state index in [1.54, 1.807) is 29.2 Å². The number of rotatable bonds is 7. The van der Waals surface area contributed by atoms with Crippen molar-refractivity contribution < 1.29 is 19.1 Å². The zero-order chi connectivity index (χ0) is 21.8. The smallest absolute Gasteiger partial charge is 0.308 e. The lowest BCUT2D eigenvalue weighted by Gasteiger charge is -2.13. The number of Topliss-reactive ketones (excluding diaryl/α,β-unsaturated/α-hetero) is 1. The molecule has 1 aliphatic heterocycles. The normalized spacial score (nSPS) is 13.5. The topological polar surface area (TPSA) is 127 Å². The Balaban J connectivity index is 1.29. The molecule has 0 unspecified atom stereocenters. The molecular formula is C21H21N5O5. The number of aromatic nitrogens is 4. The van der Waals surface area contributed by atoms with Gasteiger partial charge in [-0.25, -0.2) is 4.68 Å². The van der Waals surface area contributed by atoms with Gasteiger partial charge < -0.3 is 14.6 Å². The number of aryl methyl sites for hydroxylation is 1. The van der Waals surface area contributed by atoms with Gasteiger partial charge in [-0.1, -0.05) is 17.3 Å². The number of hydrogen-bond donors (Lipinski definition) is 1. The van der Waals surface area contributed by atoms with E-state index in [0.29, 0.717) is 29.7 Å². The first-order valence-corrected chi connectivity index (χ1v) is 10.0. The molecule has 160 valence electrons. The van der Waals surface area contributed by atoms with Gasteiger partial charge in [0.2, 0.25) is 5.78 Å². The molecule has 0 radical (unpaired) electrons.